The van der Waals surface area contributed by atoms with Crippen LogP contribution in [-0.2, 0) is 25.7 Å². The van der Waals surface area contributed by atoms with Crippen molar-refractivity contribution >= 4 is 101 Å². The minimum Gasteiger partial charge on any atom is -0.250 e. The van der Waals surface area contributed by atoms with E-state index in [0.717, 1.165) is 124 Å². The summed E-state index contributed by atoms with van der Waals surface area (Å²) in [7, 11) is 0. The third kappa shape index (κ3) is 3.87. The highest BCUT2D eigenvalue weighted by atomic mass is 14.9. The zero-order valence-corrected chi connectivity index (χ0v) is 26.9. The fourth-order valence-electron chi connectivity index (χ4n) is 7.78. The maximum Gasteiger partial charge on any atom is 0.118 e. The molecule has 0 fully saturated rings. The first-order valence-corrected chi connectivity index (χ1v) is 16.8. The number of nitrogens with zero attached hydrogens (tertiary/aromatic N) is 8. The van der Waals surface area contributed by atoms with Gasteiger partial charge >= 0.3 is 0 Å². The van der Waals surface area contributed by atoms with E-state index in [9.17, 15) is 0 Å². The molecule has 0 N–H and O–H groups in total. The van der Waals surface area contributed by atoms with Crippen molar-refractivity contribution in [2.45, 2.75) is 25.7 Å². The van der Waals surface area contributed by atoms with Crippen LogP contribution in [0.2, 0.25) is 0 Å². The van der Waals surface area contributed by atoms with Gasteiger partial charge in [-0.1, -0.05) is 37.4 Å². The van der Waals surface area contributed by atoms with E-state index in [1.165, 1.54) is 11.1 Å². The summed E-state index contributed by atoms with van der Waals surface area (Å²) in [6.45, 7) is 8.99. The second-order valence-electron chi connectivity index (χ2n) is 13.1. The molecule has 16 bridgehead atoms. The zero-order valence-electron chi connectivity index (χ0n) is 26.9. The van der Waals surface area contributed by atoms with Crippen molar-refractivity contribution in [3.8, 4) is 0 Å². The maximum absolute atomic E-state index is 5.52. The molecular weight excluding hydrogens is 617 g/mol. The molecule has 0 aliphatic carbocycles. The SMILES string of the molecule is C=c1c2nc3c(c4c5nc(c(=C)c6cccc(n6)c6cccc(n6)c6ccc(c7cccc(n7)c7cccc1n7)c1nc3c5nc61)CC4)CC2. The van der Waals surface area contributed by atoms with Crippen molar-refractivity contribution < 1.29 is 0 Å². The van der Waals surface area contributed by atoms with Gasteiger partial charge in [0.25, 0.3) is 0 Å². The third-order valence-corrected chi connectivity index (χ3v) is 10.3. The van der Waals surface area contributed by atoms with Gasteiger partial charge in [-0.3, -0.25) is 9.97 Å². The maximum atomic E-state index is 5.52. The second-order valence-corrected chi connectivity index (χ2v) is 13.1. The number of hydrogen-bond acceptors (Lipinski definition) is 8. The number of aryl methyl sites for hydroxylation is 4. The summed E-state index contributed by atoms with van der Waals surface area (Å²) in [5, 5.41) is 3.35. The molecule has 0 radical (unpaired) electrons. The van der Waals surface area contributed by atoms with Gasteiger partial charge < -0.3 is 0 Å². The minimum atomic E-state index is 0.717. The predicted octanol–water partition coefficient (Wildman–Crippen LogP) is 6.78. The molecular formula is C42H26N8. The molecule has 9 heterocycles. The normalized spacial score (nSPS) is 13.4. The van der Waals surface area contributed by atoms with E-state index in [0.29, 0.717) is 11.0 Å². The van der Waals surface area contributed by atoms with Crippen molar-refractivity contribution in [2.75, 3.05) is 0 Å². The van der Waals surface area contributed by atoms with Crippen molar-refractivity contribution in [3.05, 3.63) is 118 Å². The molecule has 8 nitrogen and oxygen atoms in total. The van der Waals surface area contributed by atoms with Gasteiger partial charge in [0.1, 0.15) is 11.0 Å². The molecule has 0 saturated carbocycles. The molecule has 11 rings (SSSR count). The number of benzene rings is 2. The highest BCUT2D eigenvalue weighted by molar-refractivity contribution is 6.16. The Kier molecular flexibility index (Phi) is 5.48. The molecule has 50 heavy (non-hydrogen) atoms. The molecule has 2 aliphatic heterocycles. The van der Waals surface area contributed by atoms with Gasteiger partial charge in [-0.15, -0.1) is 0 Å². The Labute approximate surface area is 284 Å². The lowest BCUT2D eigenvalue weighted by atomic mass is 9.90. The van der Waals surface area contributed by atoms with E-state index in [-0.39, 0.29) is 0 Å². The fourth-order valence-corrected chi connectivity index (χ4v) is 7.78. The van der Waals surface area contributed by atoms with E-state index in [1.807, 2.05) is 72.8 Å². The molecule has 9 aromatic rings. The molecule has 2 aliphatic rings. The molecule has 0 saturated heterocycles. The Morgan fingerprint density at radius 1 is 0.320 bits per heavy atom. The lowest BCUT2D eigenvalue weighted by Gasteiger charge is -2.21. The molecule has 0 atom stereocenters. The highest BCUT2D eigenvalue weighted by Crippen LogP contribution is 2.36. The monoisotopic (exact) mass is 642 g/mol. The Morgan fingerprint density at radius 2 is 0.680 bits per heavy atom. The molecule has 0 unspecified atom stereocenters. The third-order valence-electron chi connectivity index (χ3n) is 10.3. The van der Waals surface area contributed by atoms with Crippen LogP contribution in [0.1, 0.15) is 22.5 Å². The number of fused-ring (bicyclic) bond motifs is 15. The average Bonchev–Trinajstić information content (AvgIpc) is 3.18. The Morgan fingerprint density at radius 3 is 1.10 bits per heavy atom. The number of aromatic nitrogens is 8. The van der Waals surface area contributed by atoms with Crippen LogP contribution in [0.4, 0.5) is 0 Å². The standard InChI is InChI=1S/C42H26N8/c1-21-27-7-3-11-33(43-27)35-13-5-9-31(45-35)25-15-16-26-32-10-6-14-36(46-32)34-12-4-8-28(44-34)22(2)30-20-18-24-23-17-19-29(21)47-37(23)41-42(38(24)48-30)50-40(26)39(25)49-41/h3-16H,1-2,17-20H2. The quantitative estimate of drug-likeness (QED) is 0.167. The Balaban J connectivity index is 1.49. The Bertz CT molecular complexity index is 3050. The highest BCUT2D eigenvalue weighted by Gasteiger charge is 2.25. The van der Waals surface area contributed by atoms with Crippen molar-refractivity contribution in [2.24, 2.45) is 0 Å². The van der Waals surface area contributed by atoms with Gasteiger partial charge in [-0.25, -0.2) is 29.9 Å². The van der Waals surface area contributed by atoms with Crippen LogP contribution in [0.15, 0.2) is 84.9 Å². The van der Waals surface area contributed by atoms with E-state index in [1.54, 1.807) is 0 Å². The minimum absolute atomic E-state index is 0.717. The second kappa shape index (κ2) is 9.99. The summed E-state index contributed by atoms with van der Waals surface area (Å²) in [4.78, 5) is 42.1. The predicted molar refractivity (Wildman–Crippen MR) is 200 cm³/mol. The first kappa shape index (κ1) is 27.4. The smallest absolute Gasteiger partial charge is 0.118 e. The summed E-state index contributed by atoms with van der Waals surface area (Å²) >= 11 is 0. The molecule has 8 heteroatoms. The summed E-state index contributed by atoms with van der Waals surface area (Å²) in [5.74, 6) is 0. The van der Waals surface area contributed by atoms with Crippen LogP contribution in [0.3, 0.4) is 0 Å². The van der Waals surface area contributed by atoms with Gasteiger partial charge in [0, 0.05) is 21.2 Å². The van der Waals surface area contributed by atoms with Crippen molar-refractivity contribution in [3.63, 3.8) is 0 Å². The number of pyridine rings is 4. The van der Waals surface area contributed by atoms with Crippen LogP contribution in [-0.4, -0.2) is 39.9 Å². The van der Waals surface area contributed by atoms with Crippen LogP contribution >= 0.6 is 0 Å². The summed E-state index contributed by atoms with van der Waals surface area (Å²) in [6.07, 6.45) is 3.07. The van der Waals surface area contributed by atoms with Gasteiger partial charge in [0.15, 0.2) is 0 Å². The van der Waals surface area contributed by atoms with Crippen molar-refractivity contribution in [1.29, 1.82) is 0 Å². The van der Waals surface area contributed by atoms with Crippen LogP contribution < -0.4 is 10.4 Å². The Hall–Kier alpha value is -6.54. The largest absolute Gasteiger partial charge is 0.250 e. The van der Waals surface area contributed by atoms with Crippen LogP contribution in [0.5, 0.6) is 0 Å². The lowest BCUT2D eigenvalue weighted by molar-refractivity contribution is 0.835. The molecule has 7 aromatic heterocycles. The first-order chi connectivity index (χ1) is 24.6. The van der Waals surface area contributed by atoms with Gasteiger partial charge in [0.05, 0.1) is 77.6 Å². The molecule has 0 amide bonds. The molecule has 0 spiro atoms. The lowest BCUT2D eigenvalue weighted by Crippen LogP contribution is -2.19. The zero-order chi connectivity index (χ0) is 33.1. The first-order valence-electron chi connectivity index (χ1n) is 16.8. The van der Waals surface area contributed by atoms with Crippen LogP contribution in [0.25, 0.3) is 101 Å². The number of hydrogen-bond donors (Lipinski definition) is 0. The van der Waals surface area contributed by atoms with Gasteiger partial charge in [-0.2, -0.15) is 0 Å². The van der Waals surface area contributed by atoms with Crippen molar-refractivity contribution in [1.82, 2.24) is 39.9 Å². The topological polar surface area (TPSA) is 103 Å². The fraction of sp³-hybridized carbons (Fsp3) is 0.0952. The number of rotatable bonds is 0. The van der Waals surface area contributed by atoms with E-state index >= 15 is 0 Å². The van der Waals surface area contributed by atoms with E-state index in [4.69, 9.17) is 39.9 Å². The van der Waals surface area contributed by atoms with Gasteiger partial charge in [0.2, 0.25) is 0 Å². The van der Waals surface area contributed by atoms with Gasteiger partial charge in [-0.05, 0) is 97.5 Å². The summed E-state index contributed by atoms with van der Waals surface area (Å²) in [5.41, 5.74) is 14.9. The van der Waals surface area contributed by atoms with E-state index < -0.39 is 0 Å². The summed E-state index contributed by atoms with van der Waals surface area (Å²) < 4.78 is 0. The molecule has 2 aromatic carbocycles. The average molecular weight is 643 g/mol. The van der Waals surface area contributed by atoms with Crippen LogP contribution in [0, 0.1) is 0 Å². The van der Waals surface area contributed by atoms with E-state index in [2.05, 4.69) is 25.3 Å². The summed E-state index contributed by atoms with van der Waals surface area (Å²) in [6, 6.07) is 28.2. The molecule has 234 valence electrons.